The summed E-state index contributed by atoms with van der Waals surface area (Å²) in [5.41, 5.74) is 1.04. The Bertz CT molecular complexity index is 553. The van der Waals surface area contributed by atoms with Crippen LogP contribution in [0.1, 0.15) is 12.0 Å². The Morgan fingerprint density at radius 2 is 2.20 bits per heavy atom. The highest BCUT2D eigenvalue weighted by Gasteiger charge is 2.34. The van der Waals surface area contributed by atoms with Gasteiger partial charge in [0.25, 0.3) is 0 Å². The van der Waals surface area contributed by atoms with E-state index in [1.54, 1.807) is 19.3 Å². The third-order valence-corrected chi connectivity index (χ3v) is 3.96. The number of nitrogens with one attached hydrogen (secondary N) is 2. The molecule has 1 unspecified atom stereocenters. The van der Waals surface area contributed by atoms with Crippen molar-refractivity contribution in [2.45, 2.75) is 25.1 Å². The molecule has 2 rings (SSSR count). The molecule has 142 valence electrons. The van der Waals surface area contributed by atoms with Crippen molar-refractivity contribution in [1.29, 1.82) is 0 Å². The van der Waals surface area contributed by atoms with E-state index in [0.717, 1.165) is 12.0 Å². The van der Waals surface area contributed by atoms with Crippen LogP contribution >= 0.6 is 35.6 Å². The van der Waals surface area contributed by atoms with Crippen LogP contribution in [0.15, 0.2) is 23.3 Å². The fraction of sp³-hybridized carbons (Fsp3) is 0.600. The summed E-state index contributed by atoms with van der Waals surface area (Å²) in [5, 5.41) is 6.78. The number of hydrogen-bond donors (Lipinski definition) is 2. The molecule has 0 aliphatic carbocycles. The summed E-state index contributed by atoms with van der Waals surface area (Å²) in [6.07, 6.45) is -1.03. The standard InChI is InChI=1S/C15H21ClF3N5.HI/c1-20-14(21-6-4-11-2-3-13(16)22-8-11)23-12-5-7-24(9-12)10-15(17,18)19;/h2-3,8,12H,4-7,9-10H2,1H3,(H2,20,21,23);1H. The average Bonchev–Trinajstić information content (AvgIpc) is 2.93. The second-order valence-electron chi connectivity index (χ2n) is 5.72. The molecule has 1 atom stereocenters. The van der Waals surface area contributed by atoms with Crippen LogP contribution in [0.4, 0.5) is 13.2 Å². The number of guanidine groups is 1. The molecule has 1 aromatic rings. The van der Waals surface area contributed by atoms with Gasteiger partial charge in [-0.3, -0.25) is 9.89 Å². The van der Waals surface area contributed by atoms with Crippen molar-refractivity contribution in [1.82, 2.24) is 20.5 Å². The van der Waals surface area contributed by atoms with Crippen LogP contribution in [0.2, 0.25) is 5.15 Å². The van der Waals surface area contributed by atoms with Gasteiger partial charge in [-0.05, 0) is 24.5 Å². The molecule has 1 aliphatic heterocycles. The quantitative estimate of drug-likeness (QED) is 0.288. The van der Waals surface area contributed by atoms with Gasteiger partial charge in [-0.1, -0.05) is 17.7 Å². The van der Waals surface area contributed by atoms with Crippen molar-refractivity contribution in [2.75, 3.05) is 33.2 Å². The molecular formula is C15H22ClF3IN5. The maximum atomic E-state index is 12.4. The first kappa shape index (κ1) is 22.2. The van der Waals surface area contributed by atoms with Gasteiger partial charge >= 0.3 is 6.18 Å². The van der Waals surface area contributed by atoms with Gasteiger partial charge in [0.2, 0.25) is 0 Å². The molecule has 25 heavy (non-hydrogen) atoms. The Morgan fingerprint density at radius 1 is 1.44 bits per heavy atom. The zero-order chi connectivity index (χ0) is 17.6. The zero-order valence-electron chi connectivity index (χ0n) is 13.8. The topological polar surface area (TPSA) is 52.6 Å². The fourth-order valence-electron chi connectivity index (χ4n) is 2.62. The van der Waals surface area contributed by atoms with E-state index in [1.165, 1.54) is 4.90 Å². The first-order valence-electron chi connectivity index (χ1n) is 7.72. The zero-order valence-corrected chi connectivity index (χ0v) is 16.9. The van der Waals surface area contributed by atoms with Crippen LogP contribution in [-0.2, 0) is 6.42 Å². The van der Waals surface area contributed by atoms with E-state index in [1.807, 2.05) is 6.07 Å². The molecule has 0 aromatic carbocycles. The summed E-state index contributed by atoms with van der Waals surface area (Å²) in [5.74, 6) is 0.593. The second kappa shape index (κ2) is 10.4. The summed E-state index contributed by atoms with van der Waals surface area (Å²) in [6.45, 7) is 0.578. The lowest BCUT2D eigenvalue weighted by atomic mass is 10.2. The number of nitrogens with zero attached hydrogens (tertiary/aromatic N) is 3. The van der Waals surface area contributed by atoms with E-state index in [4.69, 9.17) is 11.6 Å². The predicted octanol–water partition coefficient (Wildman–Crippen LogP) is 2.70. The van der Waals surface area contributed by atoms with E-state index in [2.05, 4.69) is 20.6 Å². The number of pyridine rings is 1. The highest BCUT2D eigenvalue weighted by atomic mass is 127. The number of aliphatic imine (C=N–C) groups is 1. The molecule has 1 fully saturated rings. The molecule has 0 saturated carbocycles. The fourth-order valence-corrected chi connectivity index (χ4v) is 2.73. The van der Waals surface area contributed by atoms with Gasteiger partial charge in [0.05, 0.1) is 6.54 Å². The maximum Gasteiger partial charge on any atom is 0.401 e. The molecule has 0 spiro atoms. The predicted molar refractivity (Wildman–Crippen MR) is 104 cm³/mol. The van der Waals surface area contributed by atoms with Crippen LogP contribution < -0.4 is 10.6 Å². The Kier molecular flexibility index (Phi) is 9.22. The van der Waals surface area contributed by atoms with Crippen molar-refractivity contribution in [3.8, 4) is 0 Å². The molecule has 0 amide bonds. The number of aromatic nitrogens is 1. The van der Waals surface area contributed by atoms with E-state index >= 15 is 0 Å². The van der Waals surface area contributed by atoms with E-state index in [-0.39, 0.29) is 30.0 Å². The maximum absolute atomic E-state index is 12.4. The minimum Gasteiger partial charge on any atom is -0.356 e. The smallest absolute Gasteiger partial charge is 0.356 e. The van der Waals surface area contributed by atoms with E-state index < -0.39 is 12.7 Å². The van der Waals surface area contributed by atoms with Crippen LogP contribution in [0.5, 0.6) is 0 Å². The number of likely N-dealkylation sites (tertiary alicyclic amines) is 1. The summed E-state index contributed by atoms with van der Waals surface area (Å²) in [4.78, 5) is 9.53. The van der Waals surface area contributed by atoms with Crippen molar-refractivity contribution in [3.05, 3.63) is 29.0 Å². The molecule has 2 N–H and O–H groups in total. The number of halogens is 5. The molecule has 5 nitrogen and oxygen atoms in total. The van der Waals surface area contributed by atoms with Crippen LogP contribution in [0.3, 0.4) is 0 Å². The van der Waals surface area contributed by atoms with Gasteiger partial charge < -0.3 is 10.6 Å². The monoisotopic (exact) mass is 491 g/mol. The van der Waals surface area contributed by atoms with Crippen molar-refractivity contribution < 1.29 is 13.2 Å². The highest BCUT2D eigenvalue weighted by molar-refractivity contribution is 14.0. The molecule has 1 aliphatic rings. The largest absolute Gasteiger partial charge is 0.401 e. The molecule has 1 saturated heterocycles. The first-order chi connectivity index (χ1) is 11.4. The number of hydrogen-bond acceptors (Lipinski definition) is 3. The normalized spacial score (nSPS) is 18.8. The summed E-state index contributed by atoms with van der Waals surface area (Å²) < 4.78 is 37.2. The van der Waals surface area contributed by atoms with Crippen LogP contribution in [0.25, 0.3) is 0 Å². The van der Waals surface area contributed by atoms with Gasteiger partial charge in [-0.15, -0.1) is 24.0 Å². The van der Waals surface area contributed by atoms with Crippen LogP contribution in [-0.4, -0.2) is 61.3 Å². The van der Waals surface area contributed by atoms with Gasteiger partial charge in [-0.25, -0.2) is 4.98 Å². The Hall–Kier alpha value is -0.810. The highest BCUT2D eigenvalue weighted by Crippen LogP contribution is 2.19. The Morgan fingerprint density at radius 3 is 2.80 bits per heavy atom. The summed E-state index contributed by atoms with van der Waals surface area (Å²) >= 11 is 5.74. The molecule has 10 heteroatoms. The molecule has 1 aromatic heterocycles. The van der Waals surface area contributed by atoms with E-state index in [0.29, 0.717) is 37.2 Å². The number of alkyl halides is 3. The minimum absolute atomic E-state index is 0. The first-order valence-corrected chi connectivity index (χ1v) is 8.10. The SMILES string of the molecule is CN=C(NCCc1ccc(Cl)nc1)NC1CCN(CC(F)(F)F)C1.I. The lowest BCUT2D eigenvalue weighted by molar-refractivity contribution is -0.143. The average molecular weight is 492 g/mol. The summed E-state index contributed by atoms with van der Waals surface area (Å²) in [6, 6.07) is 3.60. The van der Waals surface area contributed by atoms with Crippen molar-refractivity contribution in [3.63, 3.8) is 0 Å². The third kappa shape index (κ3) is 8.41. The number of rotatable bonds is 5. The minimum atomic E-state index is -4.15. The molecular weight excluding hydrogens is 470 g/mol. The Labute approximate surface area is 167 Å². The lowest BCUT2D eigenvalue weighted by Crippen LogP contribution is -2.45. The molecule has 2 heterocycles. The molecule has 0 radical (unpaired) electrons. The van der Waals surface area contributed by atoms with Gasteiger partial charge in [-0.2, -0.15) is 13.2 Å². The van der Waals surface area contributed by atoms with Crippen molar-refractivity contribution >= 4 is 41.5 Å². The van der Waals surface area contributed by atoms with Crippen LogP contribution in [0, 0.1) is 0 Å². The molecule has 0 bridgehead atoms. The summed E-state index contributed by atoms with van der Waals surface area (Å²) in [7, 11) is 1.64. The Balaban J connectivity index is 0.00000312. The second-order valence-corrected chi connectivity index (χ2v) is 6.11. The van der Waals surface area contributed by atoms with E-state index in [9.17, 15) is 13.2 Å². The lowest BCUT2D eigenvalue weighted by Gasteiger charge is -2.19. The van der Waals surface area contributed by atoms with Gasteiger partial charge in [0, 0.05) is 38.9 Å². The van der Waals surface area contributed by atoms with Crippen molar-refractivity contribution in [2.24, 2.45) is 4.99 Å². The van der Waals surface area contributed by atoms with Gasteiger partial charge in [0.15, 0.2) is 5.96 Å². The van der Waals surface area contributed by atoms with Gasteiger partial charge in [0.1, 0.15) is 5.15 Å². The third-order valence-electron chi connectivity index (χ3n) is 3.73.